The van der Waals surface area contributed by atoms with E-state index in [4.69, 9.17) is 9.47 Å². The number of aliphatic hydroxyl groups is 6. The topological polar surface area (TPSA) is 169 Å². The summed E-state index contributed by atoms with van der Waals surface area (Å²) in [5.74, 6) is -0.252. The summed E-state index contributed by atoms with van der Waals surface area (Å²) in [5.41, 5.74) is 0. The lowest BCUT2D eigenvalue weighted by Gasteiger charge is -2.40. The molecule has 358 valence electrons. The number of hydrogen-bond donors (Lipinski definition) is 7. The third-order valence-corrected chi connectivity index (χ3v) is 12.8. The fourth-order valence-corrected chi connectivity index (χ4v) is 8.61. The van der Waals surface area contributed by atoms with Crippen LogP contribution < -0.4 is 5.32 Å². The van der Waals surface area contributed by atoms with Crippen LogP contribution in [-0.2, 0) is 14.3 Å². The average Bonchev–Trinajstić information content (AvgIpc) is 3.25. The van der Waals surface area contributed by atoms with E-state index < -0.39 is 55.6 Å². The third kappa shape index (κ3) is 30.3. The van der Waals surface area contributed by atoms with Gasteiger partial charge in [-0.1, -0.05) is 232 Å². The molecule has 10 nitrogen and oxygen atoms in total. The van der Waals surface area contributed by atoms with Crippen LogP contribution in [0.5, 0.6) is 0 Å². The van der Waals surface area contributed by atoms with E-state index in [0.717, 1.165) is 38.5 Å². The number of amides is 1. The lowest BCUT2D eigenvalue weighted by molar-refractivity contribution is -0.303. The summed E-state index contributed by atoms with van der Waals surface area (Å²) >= 11 is 0. The van der Waals surface area contributed by atoms with Gasteiger partial charge in [-0.3, -0.25) is 4.79 Å². The largest absolute Gasteiger partial charge is 0.394 e. The Hall–Kier alpha value is -0.850. The maximum Gasteiger partial charge on any atom is 0.220 e. The predicted molar refractivity (Wildman–Crippen MR) is 246 cm³/mol. The lowest BCUT2D eigenvalue weighted by atomic mass is 9.98. The number of unbranched alkanes of at least 4 members (excludes halogenated alkanes) is 33. The van der Waals surface area contributed by atoms with E-state index in [-0.39, 0.29) is 18.9 Å². The molecule has 0 radical (unpaired) electrons. The first-order chi connectivity index (χ1) is 29.3. The molecule has 60 heavy (non-hydrogen) atoms. The van der Waals surface area contributed by atoms with Gasteiger partial charge in [-0.05, 0) is 12.8 Å². The number of carbonyl (C=O) groups is 1. The van der Waals surface area contributed by atoms with Gasteiger partial charge >= 0.3 is 0 Å². The van der Waals surface area contributed by atoms with Gasteiger partial charge in [0.1, 0.15) is 30.5 Å². The Morgan fingerprint density at radius 2 is 0.867 bits per heavy atom. The van der Waals surface area contributed by atoms with Crippen molar-refractivity contribution in [1.29, 1.82) is 0 Å². The summed E-state index contributed by atoms with van der Waals surface area (Å²) in [6.45, 7) is 3.63. The fourth-order valence-electron chi connectivity index (χ4n) is 8.61. The van der Waals surface area contributed by atoms with Crippen molar-refractivity contribution in [3.8, 4) is 0 Å². The maximum atomic E-state index is 13.0. The van der Waals surface area contributed by atoms with Crippen molar-refractivity contribution in [2.45, 2.75) is 300 Å². The molecule has 1 amide bonds. The van der Waals surface area contributed by atoms with Crippen LogP contribution in [0, 0.1) is 0 Å². The Bertz CT molecular complexity index is 926. The lowest BCUT2D eigenvalue weighted by Crippen LogP contribution is -2.60. The first kappa shape index (κ1) is 57.2. The smallest absolute Gasteiger partial charge is 0.220 e. The predicted octanol–water partition coefficient (Wildman–Crippen LogP) is 10.5. The van der Waals surface area contributed by atoms with Crippen molar-refractivity contribution < 1.29 is 44.9 Å². The van der Waals surface area contributed by atoms with Gasteiger partial charge < -0.3 is 45.4 Å². The van der Waals surface area contributed by atoms with E-state index in [2.05, 4.69) is 19.2 Å². The first-order valence-corrected chi connectivity index (χ1v) is 25.8. The number of nitrogens with one attached hydrogen (secondary N) is 1. The van der Waals surface area contributed by atoms with Gasteiger partial charge in [0.05, 0.1) is 25.4 Å². The highest BCUT2D eigenvalue weighted by Crippen LogP contribution is 2.23. The molecule has 0 spiro atoms. The van der Waals surface area contributed by atoms with Crippen molar-refractivity contribution in [2.75, 3.05) is 13.2 Å². The Balaban J connectivity index is 2.26. The first-order valence-electron chi connectivity index (χ1n) is 25.8. The van der Waals surface area contributed by atoms with Gasteiger partial charge in [-0.25, -0.2) is 0 Å². The molecule has 1 fully saturated rings. The van der Waals surface area contributed by atoms with Gasteiger partial charge in [0.15, 0.2) is 6.29 Å². The number of aliphatic hydroxyl groups excluding tert-OH is 6. The minimum Gasteiger partial charge on any atom is -0.394 e. The zero-order valence-corrected chi connectivity index (χ0v) is 39.1. The third-order valence-electron chi connectivity index (χ3n) is 12.8. The second kappa shape index (κ2) is 40.9. The molecule has 1 rings (SSSR count). The summed E-state index contributed by atoms with van der Waals surface area (Å²) in [5, 5.41) is 65.3. The van der Waals surface area contributed by atoms with Gasteiger partial charge in [0, 0.05) is 6.42 Å². The molecule has 0 aromatic rings. The van der Waals surface area contributed by atoms with Crippen LogP contribution in [0.15, 0.2) is 0 Å². The molecule has 1 aliphatic heterocycles. The molecule has 0 saturated carbocycles. The molecule has 8 atom stereocenters. The number of ether oxygens (including phenoxy) is 2. The standard InChI is InChI=1S/C50H99NO9/c1-3-5-7-9-11-13-15-17-18-19-20-21-22-23-24-25-26-27-29-31-33-35-37-39-45(54)51-42(41-59-50-49(58)48(57)47(56)44(40-52)60-50)46(55)43(53)38-36-34-32-30-28-16-14-12-10-8-6-4-2/h42-44,46-50,52-53,55-58H,3-41H2,1-2H3,(H,51,54)/t42-,43+,44-,46-,47+,48+,49-,50+/m1/s1. The molecule has 1 heterocycles. The molecule has 0 aromatic heterocycles. The summed E-state index contributed by atoms with van der Waals surface area (Å²) in [7, 11) is 0. The Morgan fingerprint density at radius 3 is 1.23 bits per heavy atom. The summed E-state index contributed by atoms with van der Waals surface area (Å²) in [4.78, 5) is 13.0. The highest BCUT2D eigenvalue weighted by Gasteiger charge is 2.44. The zero-order valence-electron chi connectivity index (χ0n) is 39.1. The van der Waals surface area contributed by atoms with Crippen molar-refractivity contribution in [3.63, 3.8) is 0 Å². The second-order valence-corrected chi connectivity index (χ2v) is 18.5. The molecular formula is C50H99NO9. The monoisotopic (exact) mass is 858 g/mol. The summed E-state index contributed by atoms with van der Waals surface area (Å²) in [6.07, 6.45) is 35.5. The van der Waals surface area contributed by atoms with Crippen LogP contribution >= 0.6 is 0 Å². The molecule has 1 saturated heterocycles. The van der Waals surface area contributed by atoms with E-state index in [1.807, 2.05) is 0 Å². The summed E-state index contributed by atoms with van der Waals surface area (Å²) in [6, 6.07) is -0.985. The molecule has 0 aliphatic carbocycles. The fraction of sp³-hybridized carbons (Fsp3) is 0.980. The van der Waals surface area contributed by atoms with E-state index in [0.29, 0.717) is 6.42 Å². The Labute approximate surface area is 368 Å². The van der Waals surface area contributed by atoms with Crippen LogP contribution in [0.25, 0.3) is 0 Å². The molecular weight excluding hydrogens is 759 g/mol. The molecule has 7 N–H and O–H groups in total. The molecule has 10 heteroatoms. The number of carbonyl (C=O) groups excluding carboxylic acids is 1. The highest BCUT2D eigenvalue weighted by molar-refractivity contribution is 5.76. The normalized spacial score (nSPS) is 21.0. The van der Waals surface area contributed by atoms with Gasteiger partial charge in [-0.15, -0.1) is 0 Å². The van der Waals surface area contributed by atoms with Crippen LogP contribution in [0.1, 0.15) is 251 Å². The minimum absolute atomic E-state index is 0.252. The Kier molecular flexibility index (Phi) is 39.0. The minimum atomic E-state index is -1.60. The molecule has 1 aliphatic rings. The van der Waals surface area contributed by atoms with Crippen molar-refractivity contribution >= 4 is 5.91 Å². The van der Waals surface area contributed by atoms with Gasteiger partial charge in [0.25, 0.3) is 0 Å². The van der Waals surface area contributed by atoms with Gasteiger partial charge in [0.2, 0.25) is 5.91 Å². The molecule has 0 bridgehead atoms. The van der Waals surface area contributed by atoms with Crippen LogP contribution in [0.2, 0.25) is 0 Å². The van der Waals surface area contributed by atoms with Crippen LogP contribution in [0.3, 0.4) is 0 Å². The Morgan fingerprint density at radius 1 is 0.517 bits per heavy atom. The van der Waals surface area contributed by atoms with Crippen molar-refractivity contribution in [1.82, 2.24) is 5.32 Å². The maximum absolute atomic E-state index is 13.0. The quantitative estimate of drug-likeness (QED) is 0.0295. The summed E-state index contributed by atoms with van der Waals surface area (Å²) < 4.78 is 11.2. The van der Waals surface area contributed by atoms with E-state index >= 15 is 0 Å². The van der Waals surface area contributed by atoms with Crippen molar-refractivity contribution in [3.05, 3.63) is 0 Å². The molecule has 0 aromatic carbocycles. The zero-order chi connectivity index (χ0) is 43.9. The average molecular weight is 858 g/mol. The van der Waals surface area contributed by atoms with Crippen LogP contribution in [-0.4, -0.2) is 98.7 Å². The van der Waals surface area contributed by atoms with E-state index in [1.54, 1.807) is 0 Å². The van der Waals surface area contributed by atoms with Crippen molar-refractivity contribution in [2.24, 2.45) is 0 Å². The molecule has 0 unspecified atom stereocenters. The SMILES string of the molecule is CCCCCCCCCCCCCCCCCCCCCCCCCC(=O)N[C@H](CO[C@H]1O[C@H](CO)[C@H](O)[C@H](O)[C@H]1O)[C@@H](O)[C@@H](O)CCCCCCCCCCCCCC. The van der Waals surface area contributed by atoms with Crippen LogP contribution in [0.4, 0.5) is 0 Å². The van der Waals surface area contributed by atoms with E-state index in [9.17, 15) is 35.4 Å². The highest BCUT2D eigenvalue weighted by atomic mass is 16.7. The number of rotatable bonds is 44. The number of hydrogen-bond acceptors (Lipinski definition) is 9. The van der Waals surface area contributed by atoms with Gasteiger partial charge in [-0.2, -0.15) is 0 Å². The van der Waals surface area contributed by atoms with E-state index in [1.165, 1.54) is 186 Å². The second-order valence-electron chi connectivity index (χ2n) is 18.5.